The van der Waals surface area contributed by atoms with Gasteiger partial charge in [-0.25, -0.2) is 0 Å². The lowest BCUT2D eigenvalue weighted by Gasteiger charge is -2.04. The van der Waals surface area contributed by atoms with Crippen molar-refractivity contribution in [1.29, 1.82) is 0 Å². The van der Waals surface area contributed by atoms with Gasteiger partial charge in [0, 0.05) is 11.9 Å². The highest BCUT2D eigenvalue weighted by Gasteiger charge is 2.12. The van der Waals surface area contributed by atoms with Gasteiger partial charge in [-0.1, -0.05) is 29.8 Å². The molecule has 1 aromatic heterocycles. The summed E-state index contributed by atoms with van der Waals surface area (Å²) in [5.74, 6) is 0. The summed E-state index contributed by atoms with van der Waals surface area (Å²) in [7, 11) is 2.01. The first kappa shape index (κ1) is 12.2. The standard InChI is InChI=1S/C10H16Br2N2/c1-4-8-10(12)9(14(3)13-8)6-5-7(2)11/h7H,4-6H2,1-3H3. The van der Waals surface area contributed by atoms with Gasteiger partial charge in [0.1, 0.15) is 0 Å². The molecule has 1 aromatic rings. The summed E-state index contributed by atoms with van der Waals surface area (Å²) in [5, 5.41) is 4.46. The number of rotatable bonds is 4. The molecule has 0 amide bonds. The van der Waals surface area contributed by atoms with Crippen molar-refractivity contribution in [2.45, 2.75) is 37.9 Å². The van der Waals surface area contributed by atoms with E-state index in [9.17, 15) is 0 Å². The van der Waals surface area contributed by atoms with E-state index >= 15 is 0 Å². The maximum atomic E-state index is 4.46. The Balaban J connectivity index is 2.80. The van der Waals surface area contributed by atoms with Crippen molar-refractivity contribution < 1.29 is 0 Å². The third-order valence-corrected chi connectivity index (χ3v) is 3.66. The molecule has 0 bridgehead atoms. The Labute approximate surface area is 102 Å². The van der Waals surface area contributed by atoms with E-state index in [0.29, 0.717) is 4.83 Å². The molecular weight excluding hydrogens is 308 g/mol. The molecule has 1 unspecified atom stereocenters. The van der Waals surface area contributed by atoms with Crippen LogP contribution in [0.2, 0.25) is 0 Å². The van der Waals surface area contributed by atoms with Crippen LogP contribution in [0.4, 0.5) is 0 Å². The van der Waals surface area contributed by atoms with Gasteiger partial charge in [-0.2, -0.15) is 5.10 Å². The number of hydrogen-bond acceptors (Lipinski definition) is 1. The summed E-state index contributed by atoms with van der Waals surface area (Å²) in [6.45, 7) is 4.30. The molecule has 1 atom stereocenters. The average Bonchev–Trinajstić information content (AvgIpc) is 2.39. The summed E-state index contributed by atoms with van der Waals surface area (Å²) in [6, 6.07) is 0. The van der Waals surface area contributed by atoms with Crippen LogP contribution in [0.25, 0.3) is 0 Å². The summed E-state index contributed by atoms with van der Waals surface area (Å²) in [4.78, 5) is 0.564. The zero-order chi connectivity index (χ0) is 10.7. The van der Waals surface area contributed by atoms with Crippen LogP contribution in [0.3, 0.4) is 0 Å². The topological polar surface area (TPSA) is 17.8 Å². The van der Waals surface area contributed by atoms with Crippen molar-refractivity contribution >= 4 is 31.9 Å². The highest BCUT2D eigenvalue weighted by atomic mass is 79.9. The van der Waals surface area contributed by atoms with E-state index in [-0.39, 0.29) is 0 Å². The monoisotopic (exact) mass is 322 g/mol. The number of hydrogen-bond donors (Lipinski definition) is 0. The van der Waals surface area contributed by atoms with Gasteiger partial charge in [-0.05, 0) is 35.2 Å². The lowest BCUT2D eigenvalue weighted by atomic mass is 10.2. The minimum Gasteiger partial charge on any atom is -0.271 e. The molecule has 2 nitrogen and oxygen atoms in total. The second-order valence-electron chi connectivity index (χ2n) is 3.50. The molecule has 0 aromatic carbocycles. The second kappa shape index (κ2) is 5.31. The highest BCUT2D eigenvalue weighted by molar-refractivity contribution is 9.10. The van der Waals surface area contributed by atoms with Gasteiger partial charge in [0.15, 0.2) is 0 Å². The third-order valence-electron chi connectivity index (χ3n) is 2.28. The van der Waals surface area contributed by atoms with Gasteiger partial charge >= 0.3 is 0 Å². The van der Waals surface area contributed by atoms with Crippen molar-refractivity contribution in [2.75, 3.05) is 0 Å². The Hall–Kier alpha value is 0.170. The molecule has 0 aliphatic heterocycles. The Morgan fingerprint density at radius 3 is 2.57 bits per heavy atom. The molecule has 1 heterocycles. The number of nitrogens with zero attached hydrogens (tertiary/aromatic N) is 2. The molecule has 0 saturated heterocycles. The van der Waals surface area contributed by atoms with Crippen LogP contribution in [-0.2, 0) is 19.9 Å². The largest absolute Gasteiger partial charge is 0.271 e. The molecule has 0 saturated carbocycles. The molecule has 14 heavy (non-hydrogen) atoms. The van der Waals surface area contributed by atoms with Gasteiger partial charge in [0.2, 0.25) is 0 Å². The van der Waals surface area contributed by atoms with Crippen molar-refractivity contribution in [3.8, 4) is 0 Å². The van der Waals surface area contributed by atoms with Crippen molar-refractivity contribution in [3.63, 3.8) is 0 Å². The minimum atomic E-state index is 0.564. The molecular formula is C10H16Br2N2. The van der Waals surface area contributed by atoms with Gasteiger partial charge in [-0.3, -0.25) is 4.68 Å². The van der Waals surface area contributed by atoms with Gasteiger partial charge in [-0.15, -0.1) is 0 Å². The fourth-order valence-electron chi connectivity index (χ4n) is 1.43. The number of halogens is 2. The van der Waals surface area contributed by atoms with E-state index in [1.54, 1.807) is 0 Å². The molecule has 0 radical (unpaired) electrons. The Morgan fingerprint density at radius 1 is 1.50 bits per heavy atom. The predicted octanol–water partition coefficient (Wildman–Crippen LogP) is 3.46. The Kier molecular flexibility index (Phi) is 4.64. The predicted molar refractivity (Wildman–Crippen MR) is 67.0 cm³/mol. The quantitative estimate of drug-likeness (QED) is 0.776. The minimum absolute atomic E-state index is 0.564. The molecule has 80 valence electrons. The van der Waals surface area contributed by atoms with Crippen LogP contribution in [0.5, 0.6) is 0 Å². The van der Waals surface area contributed by atoms with Crippen LogP contribution in [0, 0.1) is 0 Å². The normalized spacial score (nSPS) is 13.2. The second-order valence-corrected chi connectivity index (χ2v) is 5.86. The maximum Gasteiger partial charge on any atom is 0.0766 e. The highest BCUT2D eigenvalue weighted by Crippen LogP contribution is 2.23. The average molecular weight is 324 g/mol. The van der Waals surface area contributed by atoms with Crippen LogP contribution in [-0.4, -0.2) is 14.6 Å². The zero-order valence-corrected chi connectivity index (χ0v) is 12.0. The van der Waals surface area contributed by atoms with Crippen LogP contribution >= 0.6 is 31.9 Å². The van der Waals surface area contributed by atoms with Crippen LogP contribution in [0.15, 0.2) is 4.47 Å². The lowest BCUT2D eigenvalue weighted by Crippen LogP contribution is -2.01. The number of aryl methyl sites for hydroxylation is 2. The Bertz CT molecular complexity index is 305. The van der Waals surface area contributed by atoms with Crippen LogP contribution in [0.1, 0.15) is 31.7 Å². The van der Waals surface area contributed by atoms with E-state index in [1.807, 2.05) is 11.7 Å². The summed E-state index contributed by atoms with van der Waals surface area (Å²) < 4.78 is 3.17. The van der Waals surface area contributed by atoms with E-state index in [2.05, 4.69) is 50.8 Å². The first-order valence-corrected chi connectivity index (χ1v) is 6.61. The summed E-state index contributed by atoms with van der Waals surface area (Å²) in [6.07, 6.45) is 3.19. The van der Waals surface area contributed by atoms with Gasteiger partial charge in [0.05, 0.1) is 15.9 Å². The fraction of sp³-hybridized carbons (Fsp3) is 0.700. The van der Waals surface area contributed by atoms with Crippen molar-refractivity contribution in [1.82, 2.24) is 9.78 Å². The number of alkyl halides is 1. The maximum absolute atomic E-state index is 4.46. The van der Waals surface area contributed by atoms with E-state index in [1.165, 1.54) is 10.2 Å². The zero-order valence-electron chi connectivity index (χ0n) is 8.85. The van der Waals surface area contributed by atoms with E-state index in [0.717, 1.165) is 25.0 Å². The molecule has 0 aliphatic rings. The first-order chi connectivity index (χ1) is 6.56. The molecule has 0 N–H and O–H groups in total. The van der Waals surface area contributed by atoms with Crippen molar-refractivity contribution in [3.05, 3.63) is 15.9 Å². The lowest BCUT2D eigenvalue weighted by molar-refractivity contribution is 0.674. The molecule has 0 fully saturated rings. The van der Waals surface area contributed by atoms with E-state index in [4.69, 9.17) is 0 Å². The smallest absolute Gasteiger partial charge is 0.0766 e. The van der Waals surface area contributed by atoms with Gasteiger partial charge in [0.25, 0.3) is 0 Å². The number of aromatic nitrogens is 2. The SMILES string of the molecule is CCc1nn(C)c(CCC(C)Br)c1Br. The summed E-state index contributed by atoms with van der Waals surface area (Å²) in [5.41, 5.74) is 2.46. The van der Waals surface area contributed by atoms with Crippen molar-refractivity contribution in [2.24, 2.45) is 7.05 Å². The molecule has 0 spiro atoms. The first-order valence-electron chi connectivity index (χ1n) is 4.90. The molecule has 0 aliphatic carbocycles. The fourth-order valence-corrected chi connectivity index (χ4v) is 2.47. The van der Waals surface area contributed by atoms with E-state index < -0.39 is 0 Å². The molecule has 1 rings (SSSR count). The van der Waals surface area contributed by atoms with Gasteiger partial charge < -0.3 is 0 Å². The Morgan fingerprint density at radius 2 is 2.14 bits per heavy atom. The summed E-state index contributed by atoms with van der Waals surface area (Å²) >= 11 is 7.17. The third kappa shape index (κ3) is 2.83. The van der Waals surface area contributed by atoms with Crippen LogP contribution < -0.4 is 0 Å². The molecule has 4 heteroatoms.